The molecule has 0 saturated carbocycles. The standard InChI is InChI=1S/C22H24FN5O2S2/c23-18-8-4-5-9-19(18)25-21-26-27-22(32-21)31-15-20(29)24-12-17-14-28(10-11-30-17)13-16-6-2-1-3-7-16/h1-9,17H,10-15H2,(H,24,29)(H,25,26)/t17-/m1/s1. The van der Waals surface area contributed by atoms with Gasteiger partial charge in [0.2, 0.25) is 11.0 Å². The lowest BCUT2D eigenvalue weighted by Crippen LogP contribution is -2.47. The molecular formula is C22H24FN5O2S2. The summed E-state index contributed by atoms with van der Waals surface area (Å²) in [5, 5.41) is 14.4. The third kappa shape index (κ3) is 6.73. The highest BCUT2D eigenvalue weighted by Gasteiger charge is 2.21. The molecule has 1 saturated heterocycles. The molecule has 168 valence electrons. The first-order valence-electron chi connectivity index (χ1n) is 10.3. The van der Waals surface area contributed by atoms with Gasteiger partial charge in [0.15, 0.2) is 4.34 Å². The van der Waals surface area contributed by atoms with E-state index in [2.05, 4.69) is 37.9 Å². The molecule has 1 aliphatic heterocycles. The van der Waals surface area contributed by atoms with E-state index in [0.717, 1.165) is 19.6 Å². The molecule has 0 aliphatic carbocycles. The Morgan fingerprint density at radius 3 is 2.84 bits per heavy atom. The van der Waals surface area contributed by atoms with Crippen LogP contribution in [-0.4, -0.2) is 59.1 Å². The summed E-state index contributed by atoms with van der Waals surface area (Å²) in [4.78, 5) is 14.6. The van der Waals surface area contributed by atoms with E-state index in [0.29, 0.717) is 28.3 Å². The Kier molecular flexibility index (Phi) is 8.05. The van der Waals surface area contributed by atoms with Gasteiger partial charge in [-0.2, -0.15) is 0 Å². The molecule has 0 unspecified atom stereocenters. The average Bonchev–Trinajstić information content (AvgIpc) is 3.26. The Morgan fingerprint density at radius 2 is 2.00 bits per heavy atom. The number of hydrogen-bond acceptors (Lipinski definition) is 8. The third-order valence-electron chi connectivity index (χ3n) is 4.85. The Morgan fingerprint density at radius 1 is 1.19 bits per heavy atom. The van der Waals surface area contributed by atoms with E-state index < -0.39 is 0 Å². The van der Waals surface area contributed by atoms with Crippen LogP contribution in [0.5, 0.6) is 0 Å². The fraction of sp³-hybridized carbons (Fsp3) is 0.318. The second kappa shape index (κ2) is 11.4. The molecule has 1 fully saturated rings. The summed E-state index contributed by atoms with van der Waals surface area (Å²) in [6.07, 6.45) is -0.0282. The van der Waals surface area contributed by atoms with Crippen molar-refractivity contribution >= 4 is 39.8 Å². The zero-order valence-corrected chi connectivity index (χ0v) is 19.0. The van der Waals surface area contributed by atoms with Crippen LogP contribution in [0.4, 0.5) is 15.2 Å². The van der Waals surface area contributed by atoms with Crippen LogP contribution in [0, 0.1) is 5.82 Å². The SMILES string of the molecule is O=C(CSc1nnc(Nc2ccccc2F)s1)NC[C@@H]1CN(Cc2ccccc2)CCO1. The lowest BCUT2D eigenvalue weighted by molar-refractivity contribution is -0.119. The highest BCUT2D eigenvalue weighted by molar-refractivity contribution is 8.01. The normalized spacial score (nSPS) is 16.6. The first-order valence-corrected chi connectivity index (χ1v) is 12.1. The summed E-state index contributed by atoms with van der Waals surface area (Å²) in [5.74, 6) is -0.212. The van der Waals surface area contributed by atoms with Gasteiger partial charge >= 0.3 is 0 Å². The summed E-state index contributed by atoms with van der Waals surface area (Å²) in [6.45, 7) is 3.68. The van der Waals surface area contributed by atoms with Crippen molar-refractivity contribution in [3.8, 4) is 0 Å². The number of amides is 1. The molecular weight excluding hydrogens is 449 g/mol. The molecule has 10 heteroatoms. The number of halogens is 1. The van der Waals surface area contributed by atoms with Crippen molar-refractivity contribution in [2.24, 2.45) is 0 Å². The number of carbonyl (C=O) groups excluding carboxylic acids is 1. The predicted molar refractivity (Wildman–Crippen MR) is 125 cm³/mol. The molecule has 1 aliphatic rings. The maximum absolute atomic E-state index is 13.7. The van der Waals surface area contributed by atoms with Crippen LogP contribution in [0.3, 0.4) is 0 Å². The summed E-state index contributed by atoms with van der Waals surface area (Å²) < 4.78 is 20.2. The van der Waals surface area contributed by atoms with Crippen molar-refractivity contribution in [2.75, 3.05) is 37.3 Å². The second-order valence-electron chi connectivity index (χ2n) is 7.28. The van der Waals surface area contributed by atoms with E-state index >= 15 is 0 Å². The van der Waals surface area contributed by atoms with Gasteiger partial charge in [-0.3, -0.25) is 9.69 Å². The fourth-order valence-corrected chi connectivity index (χ4v) is 4.89. The van der Waals surface area contributed by atoms with Crippen LogP contribution in [0.1, 0.15) is 5.56 Å². The van der Waals surface area contributed by atoms with E-state index in [9.17, 15) is 9.18 Å². The topological polar surface area (TPSA) is 79.4 Å². The number of morpholine rings is 1. The maximum atomic E-state index is 13.7. The first-order chi connectivity index (χ1) is 15.7. The number of hydrogen-bond donors (Lipinski definition) is 2. The first kappa shape index (κ1) is 22.7. The lowest BCUT2D eigenvalue weighted by atomic mass is 10.2. The number of carbonyl (C=O) groups is 1. The van der Waals surface area contributed by atoms with Crippen LogP contribution >= 0.6 is 23.1 Å². The van der Waals surface area contributed by atoms with Crippen molar-refractivity contribution in [3.63, 3.8) is 0 Å². The number of benzene rings is 2. The molecule has 32 heavy (non-hydrogen) atoms. The van der Waals surface area contributed by atoms with Gasteiger partial charge in [0, 0.05) is 26.2 Å². The van der Waals surface area contributed by atoms with E-state index in [-0.39, 0.29) is 23.6 Å². The Bertz CT molecular complexity index is 1020. The summed E-state index contributed by atoms with van der Waals surface area (Å²) in [6, 6.07) is 16.7. The minimum atomic E-state index is -0.358. The summed E-state index contributed by atoms with van der Waals surface area (Å²) >= 11 is 2.58. The molecule has 2 N–H and O–H groups in total. The van der Waals surface area contributed by atoms with Gasteiger partial charge in [0.25, 0.3) is 0 Å². The lowest BCUT2D eigenvalue weighted by Gasteiger charge is -2.33. The molecule has 0 spiro atoms. The highest BCUT2D eigenvalue weighted by Crippen LogP contribution is 2.28. The fourth-order valence-electron chi connectivity index (χ4n) is 3.29. The van der Waals surface area contributed by atoms with Crippen molar-refractivity contribution in [1.29, 1.82) is 0 Å². The molecule has 3 aromatic rings. The predicted octanol–water partition coefficient (Wildman–Crippen LogP) is 3.53. The summed E-state index contributed by atoms with van der Waals surface area (Å²) in [7, 11) is 0. The maximum Gasteiger partial charge on any atom is 0.230 e. The average molecular weight is 474 g/mol. The van der Waals surface area contributed by atoms with E-state index in [1.165, 1.54) is 34.7 Å². The van der Waals surface area contributed by atoms with E-state index in [1.54, 1.807) is 18.2 Å². The zero-order chi connectivity index (χ0) is 22.2. The van der Waals surface area contributed by atoms with Gasteiger partial charge in [-0.1, -0.05) is 65.6 Å². The molecule has 1 aromatic heterocycles. The number of aromatic nitrogens is 2. The van der Waals surface area contributed by atoms with Crippen LogP contribution < -0.4 is 10.6 Å². The van der Waals surface area contributed by atoms with Gasteiger partial charge in [-0.15, -0.1) is 10.2 Å². The van der Waals surface area contributed by atoms with Crippen LogP contribution in [0.25, 0.3) is 0 Å². The number of rotatable bonds is 9. The number of para-hydroxylation sites is 1. The second-order valence-corrected chi connectivity index (χ2v) is 9.48. The van der Waals surface area contributed by atoms with Gasteiger partial charge in [-0.05, 0) is 17.7 Å². The summed E-state index contributed by atoms with van der Waals surface area (Å²) in [5.41, 5.74) is 1.61. The van der Waals surface area contributed by atoms with Crippen LogP contribution in [0.2, 0.25) is 0 Å². The van der Waals surface area contributed by atoms with Crippen LogP contribution in [-0.2, 0) is 16.1 Å². The van der Waals surface area contributed by atoms with Crippen molar-refractivity contribution in [1.82, 2.24) is 20.4 Å². The molecule has 2 heterocycles. The van der Waals surface area contributed by atoms with Gasteiger partial charge in [0.05, 0.1) is 24.2 Å². The van der Waals surface area contributed by atoms with Crippen LogP contribution in [0.15, 0.2) is 58.9 Å². The monoisotopic (exact) mass is 473 g/mol. The molecule has 7 nitrogen and oxygen atoms in total. The number of thioether (sulfide) groups is 1. The number of anilines is 2. The van der Waals surface area contributed by atoms with Gasteiger partial charge in [-0.25, -0.2) is 4.39 Å². The van der Waals surface area contributed by atoms with Crippen molar-refractivity contribution in [2.45, 2.75) is 17.0 Å². The Hall–Kier alpha value is -2.53. The Labute approximate surface area is 194 Å². The molecule has 0 radical (unpaired) electrons. The Balaban J connectivity index is 1.18. The largest absolute Gasteiger partial charge is 0.374 e. The zero-order valence-electron chi connectivity index (χ0n) is 17.4. The van der Waals surface area contributed by atoms with Gasteiger partial charge in [0.1, 0.15) is 5.82 Å². The molecule has 1 atom stereocenters. The smallest absolute Gasteiger partial charge is 0.230 e. The third-order valence-corrected chi connectivity index (χ3v) is 6.82. The number of ether oxygens (including phenoxy) is 1. The van der Waals surface area contributed by atoms with Crippen molar-refractivity contribution < 1.29 is 13.9 Å². The quantitative estimate of drug-likeness (QED) is 0.460. The van der Waals surface area contributed by atoms with Gasteiger partial charge < -0.3 is 15.4 Å². The minimum absolute atomic E-state index is 0.0282. The van der Waals surface area contributed by atoms with E-state index in [4.69, 9.17) is 4.74 Å². The number of nitrogens with one attached hydrogen (secondary N) is 2. The van der Waals surface area contributed by atoms with E-state index in [1.807, 2.05) is 18.2 Å². The molecule has 1 amide bonds. The number of nitrogens with zero attached hydrogens (tertiary/aromatic N) is 3. The molecule has 0 bridgehead atoms. The van der Waals surface area contributed by atoms with Crippen molar-refractivity contribution in [3.05, 3.63) is 66.0 Å². The highest BCUT2D eigenvalue weighted by atomic mass is 32.2. The molecule has 4 rings (SSSR count). The minimum Gasteiger partial charge on any atom is -0.374 e. The molecule has 2 aromatic carbocycles.